The molecule has 7 nitrogen and oxygen atoms in total. The number of H-pyrrole nitrogens is 1. The highest BCUT2D eigenvalue weighted by Crippen LogP contribution is 2.30. The summed E-state index contributed by atoms with van der Waals surface area (Å²) < 4.78 is 0. The molecule has 0 amide bonds. The summed E-state index contributed by atoms with van der Waals surface area (Å²) in [5.74, 6) is 0. The van der Waals surface area contributed by atoms with Gasteiger partial charge in [-0.1, -0.05) is 23.8 Å². The Morgan fingerprint density at radius 3 is 2.79 bits per heavy atom. The minimum Gasteiger partial charge on any atom is -0.369 e. The number of rotatable bonds is 8. The first-order valence-corrected chi connectivity index (χ1v) is 11.5. The van der Waals surface area contributed by atoms with E-state index in [0.717, 1.165) is 70.9 Å². The van der Waals surface area contributed by atoms with Gasteiger partial charge in [-0.25, -0.2) is 4.98 Å². The highest BCUT2D eigenvalue weighted by atomic mass is 15.3. The van der Waals surface area contributed by atoms with E-state index in [1.165, 1.54) is 12.4 Å². The summed E-state index contributed by atoms with van der Waals surface area (Å²) >= 11 is 0. The van der Waals surface area contributed by atoms with Gasteiger partial charge in [0.25, 0.3) is 0 Å². The number of quaternary nitrogens is 1. The van der Waals surface area contributed by atoms with Crippen LogP contribution in [0.25, 0.3) is 28.2 Å². The highest BCUT2D eigenvalue weighted by Gasteiger charge is 2.14. The van der Waals surface area contributed by atoms with Crippen LogP contribution in [-0.4, -0.2) is 65.4 Å². The number of aryl methyl sites for hydroxylation is 1. The lowest BCUT2D eigenvalue weighted by atomic mass is 10.0. The zero-order valence-electron chi connectivity index (χ0n) is 19.8. The number of fused-ring (bicyclic) bond motifs is 1. The van der Waals surface area contributed by atoms with Gasteiger partial charge in [-0.15, -0.1) is 0 Å². The van der Waals surface area contributed by atoms with Crippen LogP contribution in [0.5, 0.6) is 0 Å². The van der Waals surface area contributed by atoms with Gasteiger partial charge in [0.05, 0.1) is 0 Å². The van der Waals surface area contributed by atoms with Crippen LogP contribution >= 0.6 is 0 Å². The average Bonchev–Trinajstić information content (AvgIpc) is 3.27. The van der Waals surface area contributed by atoms with Crippen LogP contribution in [0.3, 0.4) is 0 Å². The van der Waals surface area contributed by atoms with Crippen LogP contribution < -0.4 is 5.43 Å². The first-order valence-electron chi connectivity index (χ1n) is 11.5. The molecule has 0 aliphatic carbocycles. The molecule has 0 atom stereocenters. The molecule has 174 valence electrons. The number of nitrogens with two attached hydrogens (primary N) is 1. The number of hydrogen-bond acceptors (Lipinski definition) is 5. The fourth-order valence-corrected chi connectivity index (χ4v) is 4.13. The molecule has 0 saturated carbocycles. The molecule has 3 heterocycles. The Hall–Kier alpha value is -3.81. The first kappa shape index (κ1) is 23.4. The molecule has 1 aliphatic rings. The lowest BCUT2D eigenvalue weighted by Gasteiger charge is -2.34. The third-order valence-electron chi connectivity index (χ3n) is 6.14. The molecule has 1 saturated heterocycles. The maximum absolute atomic E-state index is 7.05. The van der Waals surface area contributed by atoms with E-state index in [-0.39, 0.29) is 0 Å². The van der Waals surface area contributed by atoms with Crippen molar-refractivity contribution in [1.82, 2.24) is 19.8 Å². The molecule has 0 unspecified atom stereocenters. The van der Waals surface area contributed by atoms with Crippen LogP contribution in [0.15, 0.2) is 72.3 Å². The number of nitrogens with one attached hydrogen (secondary N) is 2. The van der Waals surface area contributed by atoms with Gasteiger partial charge in [-0.05, 0) is 55.4 Å². The molecule has 2 aromatic heterocycles. The molecule has 4 N–H and O–H groups in total. The Morgan fingerprint density at radius 2 is 2.06 bits per heavy atom. The van der Waals surface area contributed by atoms with Gasteiger partial charge in [0, 0.05) is 73.1 Å². The summed E-state index contributed by atoms with van der Waals surface area (Å²) in [5, 5.41) is 12.3. The third-order valence-corrected chi connectivity index (χ3v) is 6.14. The molecule has 34 heavy (non-hydrogen) atoms. The molecule has 0 radical (unpaired) electrons. The van der Waals surface area contributed by atoms with Crippen LogP contribution in [0, 0.1) is 12.3 Å². The summed E-state index contributed by atoms with van der Waals surface area (Å²) in [6.45, 7) is 10.3. The van der Waals surface area contributed by atoms with E-state index in [4.69, 9.17) is 5.41 Å². The molecule has 0 spiro atoms. The fourth-order valence-electron chi connectivity index (χ4n) is 4.13. The van der Waals surface area contributed by atoms with Gasteiger partial charge >= 0.3 is 0 Å². The third kappa shape index (κ3) is 5.39. The summed E-state index contributed by atoms with van der Waals surface area (Å²) in [4.78, 5) is 12.6. The Balaban J connectivity index is 1.55. The fraction of sp³-hybridized carbons (Fsp3) is 0.222. The summed E-state index contributed by atoms with van der Waals surface area (Å²) in [6, 6.07) is 8.48. The van der Waals surface area contributed by atoms with Gasteiger partial charge in [0.2, 0.25) is 0 Å². The largest absolute Gasteiger partial charge is 0.369 e. The van der Waals surface area contributed by atoms with Gasteiger partial charge in [-0.2, -0.15) is 5.43 Å². The highest BCUT2D eigenvalue weighted by molar-refractivity contribution is 6.14. The summed E-state index contributed by atoms with van der Waals surface area (Å²) in [6.07, 6.45) is 14.8. The minimum absolute atomic E-state index is 0.871. The van der Waals surface area contributed by atoms with Crippen LogP contribution in [0.4, 0.5) is 5.69 Å². The number of nitrogens with zero attached hydrogens (tertiary/aromatic N) is 4. The number of piperazine rings is 1. The lowest BCUT2D eigenvalue weighted by molar-refractivity contribution is -0.577. The number of pyridine rings is 1. The number of allylic oxidation sites excluding steroid dienone is 3. The monoisotopic (exact) mass is 454 g/mol. The van der Waals surface area contributed by atoms with E-state index in [1.54, 1.807) is 5.43 Å². The Bertz CT molecular complexity index is 1260. The van der Waals surface area contributed by atoms with Crippen molar-refractivity contribution in [3.8, 4) is 11.1 Å². The zero-order valence-corrected chi connectivity index (χ0v) is 19.8. The number of likely N-dealkylation sites (N-methyl/N-ethyl adjacent to an activating group) is 1. The Labute approximate surface area is 200 Å². The van der Waals surface area contributed by atoms with Crippen molar-refractivity contribution in [2.45, 2.75) is 6.92 Å². The van der Waals surface area contributed by atoms with Gasteiger partial charge in [-0.3, -0.25) is 0 Å². The predicted molar refractivity (Wildman–Crippen MR) is 142 cm³/mol. The average molecular weight is 455 g/mol. The van der Waals surface area contributed by atoms with Crippen LogP contribution in [-0.2, 0) is 0 Å². The van der Waals surface area contributed by atoms with E-state index in [9.17, 15) is 0 Å². The minimum atomic E-state index is 0.871. The van der Waals surface area contributed by atoms with E-state index in [2.05, 4.69) is 87.9 Å². The summed E-state index contributed by atoms with van der Waals surface area (Å²) in [5.41, 5.74) is 9.26. The first-order chi connectivity index (χ1) is 16.6. The number of benzene rings is 1. The maximum atomic E-state index is 7.05. The maximum Gasteiger partial charge on any atom is 0.158 e. The quantitative estimate of drug-likeness (QED) is 0.159. The summed E-state index contributed by atoms with van der Waals surface area (Å²) in [7, 11) is 2.16. The molecule has 3 aromatic rings. The molecule has 1 fully saturated rings. The molecule has 7 heteroatoms. The molecular weight excluding hydrogens is 422 g/mol. The zero-order chi connectivity index (χ0) is 23.9. The van der Waals surface area contributed by atoms with Crippen molar-refractivity contribution in [3.05, 3.63) is 78.3 Å². The SMILES string of the molecule is C=CC(=CC=Cc1cnc2[nH]cc(-c3ccc([NH2+]N=CC=N)c(C)c3)c2c1)N1CCN(C)CC1. The van der Waals surface area contributed by atoms with Crippen molar-refractivity contribution in [3.63, 3.8) is 0 Å². The van der Waals surface area contributed by atoms with E-state index in [1.807, 2.05) is 18.5 Å². The number of aromatic nitrogens is 2. The smallest absolute Gasteiger partial charge is 0.158 e. The molecule has 0 bridgehead atoms. The van der Waals surface area contributed by atoms with Gasteiger partial charge < -0.3 is 20.2 Å². The topological polar surface area (TPSA) is 88.0 Å². The molecular formula is C27H32N7+. The van der Waals surface area contributed by atoms with E-state index >= 15 is 0 Å². The second kappa shape index (κ2) is 10.9. The van der Waals surface area contributed by atoms with Gasteiger partial charge in [0.15, 0.2) is 5.69 Å². The normalized spacial score (nSPS) is 15.6. The van der Waals surface area contributed by atoms with Crippen LogP contribution in [0.2, 0.25) is 0 Å². The van der Waals surface area contributed by atoms with Gasteiger partial charge in [0.1, 0.15) is 11.9 Å². The Kier molecular flexibility index (Phi) is 7.47. The van der Waals surface area contributed by atoms with Crippen molar-refractivity contribution < 1.29 is 5.43 Å². The second-order valence-corrected chi connectivity index (χ2v) is 8.48. The van der Waals surface area contributed by atoms with Crippen molar-refractivity contribution in [2.75, 3.05) is 33.2 Å². The Morgan fingerprint density at radius 1 is 1.24 bits per heavy atom. The molecule has 1 aromatic carbocycles. The second-order valence-electron chi connectivity index (χ2n) is 8.48. The lowest BCUT2D eigenvalue weighted by Crippen LogP contribution is -2.71. The predicted octanol–water partition coefficient (Wildman–Crippen LogP) is 3.70. The molecule has 1 aliphatic heterocycles. The van der Waals surface area contributed by atoms with Crippen molar-refractivity contribution >= 4 is 35.2 Å². The number of hydrogen-bond donors (Lipinski definition) is 3. The van der Waals surface area contributed by atoms with Crippen molar-refractivity contribution in [2.24, 2.45) is 5.10 Å². The van der Waals surface area contributed by atoms with E-state index in [0.29, 0.717) is 0 Å². The van der Waals surface area contributed by atoms with E-state index < -0.39 is 0 Å². The standard InChI is InChI=1S/C27H31N7/c1-4-23(34-14-12-33(3)13-15-34)7-5-6-21-17-24-25(19-30-27(24)29-18-21)22-8-9-26(20(2)16-22)32-31-11-10-28/h4-11,16-19,28,32H,1,12-15H2,2-3H3,(H,29,30)/p+1. The van der Waals surface area contributed by atoms with Crippen molar-refractivity contribution in [1.29, 1.82) is 5.41 Å². The van der Waals surface area contributed by atoms with Crippen LogP contribution in [0.1, 0.15) is 11.1 Å². The number of aromatic amines is 1. The molecule has 4 rings (SSSR count).